The highest BCUT2D eigenvalue weighted by Gasteiger charge is 2.44. The Balaban J connectivity index is 0.000000704. The van der Waals surface area contributed by atoms with E-state index in [1.807, 2.05) is 13.8 Å². The molecule has 2 aliphatic heterocycles. The quantitative estimate of drug-likeness (QED) is 0.843. The number of rotatable bonds is 3. The number of hydrogen-bond acceptors (Lipinski definition) is 2. The first-order valence-corrected chi connectivity index (χ1v) is 9.23. The highest BCUT2D eigenvalue weighted by Crippen LogP contribution is 2.51. The van der Waals surface area contributed by atoms with Crippen molar-refractivity contribution in [3.63, 3.8) is 0 Å². The molecule has 118 valence electrons. The van der Waals surface area contributed by atoms with E-state index < -0.39 is 0 Å². The van der Waals surface area contributed by atoms with Gasteiger partial charge in [0.25, 0.3) is 0 Å². The number of nitrogens with zero attached hydrogens (tertiary/aromatic N) is 1. The lowest BCUT2D eigenvalue weighted by Gasteiger charge is -2.52. The van der Waals surface area contributed by atoms with Crippen molar-refractivity contribution >= 4 is 0 Å². The normalized spacial score (nSPS) is 27.8. The largest absolute Gasteiger partial charge is 0.317 e. The topological polar surface area (TPSA) is 15.3 Å². The summed E-state index contributed by atoms with van der Waals surface area (Å²) in [7, 11) is 0. The molecule has 0 aromatic rings. The Hall–Kier alpha value is -0.0800. The summed E-state index contributed by atoms with van der Waals surface area (Å²) in [4.78, 5) is 2.75. The molecule has 1 saturated carbocycles. The lowest BCUT2D eigenvalue weighted by atomic mass is 9.57. The van der Waals surface area contributed by atoms with Gasteiger partial charge in [0.1, 0.15) is 0 Å². The summed E-state index contributed by atoms with van der Waals surface area (Å²) < 4.78 is 0. The molecule has 3 fully saturated rings. The average molecular weight is 280 g/mol. The van der Waals surface area contributed by atoms with Crippen LogP contribution in [0.5, 0.6) is 0 Å². The molecule has 0 atom stereocenters. The molecule has 0 amide bonds. The predicted molar refractivity (Wildman–Crippen MR) is 88.1 cm³/mol. The van der Waals surface area contributed by atoms with Gasteiger partial charge in [0.2, 0.25) is 0 Å². The Morgan fingerprint density at radius 2 is 1.60 bits per heavy atom. The maximum absolute atomic E-state index is 3.51. The summed E-state index contributed by atoms with van der Waals surface area (Å²) in [6.45, 7) is 13.1. The van der Waals surface area contributed by atoms with Gasteiger partial charge in [0, 0.05) is 6.54 Å². The molecule has 0 unspecified atom stereocenters. The van der Waals surface area contributed by atoms with E-state index in [1.54, 1.807) is 0 Å². The number of likely N-dealkylation sites (tertiary alicyclic amines) is 1. The van der Waals surface area contributed by atoms with E-state index in [0.717, 1.165) is 17.3 Å². The van der Waals surface area contributed by atoms with Crippen LogP contribution in [-0.2, 0) is 0 Å². The van der Waals surface area contributed by atoms with Crippen molar-refractivity contribution < 1.29 is 0 Å². The van der Waals surface area contributed by atoms with E-state index in [9.17, 15) is 0 Å². The summed E-state index contributed by atoms with van der Waals surface area (Å²) in [5, 5.41) is 3.51. The average Bonchev–Trinajstić information content (AvgIpc) is 2.49. The second-order valence-corrected chi connectivity index (χ2v) is 7.18. The number of hydrogen-bond donors (Lipinski definition) is 1. The minimum atomic E-state index is 0.775. The van der Waals surface area contributed by atoms with Crippen molar-refractivity contribution in [3.05, 3.63) is 0 Å². The van der Waals surface area contributed by atoms with Gasteiger partial charge < -0.3 is 10.2 Å². The Morgan fingerprint density at radius 3 is 2.15 bits per heavy atom. The van der Waals surface area contributed by atoms with Gasteiger partial charge in [-0.1, -0.05) is 27.2 Å². The third-order valence-corrected chi connectivity index (χ3v) is 5.91. The standard InChI is InChI=1S/C16H30N2.C2H6/c1-2-14-3-9-18(10-4-14)13-15-11-16(12-15)5-7-17-8-6-16;1-2/h14-15,17H,2-13H2,1H3;1-2H3. The molecule has 1 spiro atoms. The molecule has 0 radical (unpaired) electrons. The molecule has 3 aliphatic rings. The monoisotopic (exact) mass is 280 g/mol. The molecule has 1 N–H and O–H groups in total. The molecule has 2 heteroatoms. The molecule has 2 heterocycles. The van der Waals surface area contributed by atoms with Crippen LogP contribution in [0.15, 0.2) is 0 Å². The van der Waals surface area contributed by atoms with Crippen LogP contribution in [0.4, 0.5) is 0 Å². The molecule has 0 bridgehead atoms. The molecule has 3 rings (SSSR count). The van der Waals surface area contributed by atoms with Crippen LogP contribution in [0.3, 0.4) is 0 Å². The second-order valence-electron chi connectivity index (χ2n) is 7.18. The van der Waals surface area contributed by atoms with Crippen molar-refractivity contribution in [2.24, 2.45) is 17.3 Å². The molecular formula is C18H36N2. The van der Waals surface area contributed by atoms with Crippen LogP contribution >= 0.6 is 0 Å². The van der Waals surface area contributed by atoms with Crippen LogP contribution in [0, 0.1) is 17.3 Å². The smallest absolute Gasteiger partial charge is 0.00101 e. The van der Waals surface area contributed by atoms with Gasteiger partial charge in [-0.05, 0) is 82.0 Å². The molecule has 0 aromatic carbocycles. The second kappa shape index (κ2) is 7.79. The molecule has 2 saturated heterocycles. The van der Waals surface area contributed by atoms with Crippen LogP contribution < -0.4 is 5.32 Å². The van der Waals surface area contributed by atoms with E-state index in [-0.39, 0.29) is 0 Å². The Kier molecular flexibility index (Phi) is 6.35. The third-order valence-electron chi connectivity index (χ3n) is 5.91. The lowest BCUT2D eigenvalue weighted by Crippen LogP contribution is -2.49. The van der Waals surface area contributed by atoms with Crippen LogP contribution in [0.25, 0.3) is 0 Å². The van der Waals surface area contributed by atoms with E-state index in [2.05, 4.69) is 17.1 Å². The lowest BCUT2D eigenvalue weighted by molar-refractivity contribution is -0.00273. The predicted octanol–water partition coefficient (Wildman–Crippen LogP) is 3.91. The van der Waals surface area contributed by atoms with Crippen LogP contribution in [0.2, 0.25) is 0 Å². The van der Waals surface area contributed by atoms with Crippen molar-refractivity contribution in [3.8, 4) is 0 Å². The van der Waals surface area contributed by atoms with Crippen molar-refractivity contribution in [2.45, 2.75) is 65.7 Å². The van der Waals surface area contributed by atoms with Crippen molar-refractivity contribution in [1.29, 1.82) is 0 Å². The van der Waals surface area contributed by atoms with Crippen LogP contribution in [-0.4, -0.2) is 37.6 Å². The fourth-order valence-corrected chi connectivity index (χ4v) is 4.60. The fourth-order valence-electron chi connectivity index (χ4n) is 4.60. The van der Waals surface area contributed by atoms with Crippen molar-refractivity contribution in [1.82, 2.24) is 10.2 Å². The third kappa shape index (κ3) is 3.98. The van der Waals surface area contributed by atoms with E-state index >= 15 is 0 Å². The summed E-state index contributed by atoms with van der Waals surface area (Å²) in [5.74, 6) is 2.06. The van der Waals surface area contributed by atoms with Crippen molar-refractivity contribution in [2.75, 3.05) is 32.7 Å². The highest BCUT2D eigenvalue weighted by atomic mass is 15.1. The summed E-state index contributed by atoms with van der Waals surface area (Å²) in [5.41, 5.74) is 0.775. The zero-order chi connectivity index (χ0) is 14.4. The van der Waals surface area contributed by atoms with Gasteiger partial charge in [-0.25, -0.2) is 0 Å². The van der Waals surface area contributed by atoms with Gasteiger partial charge in [0.15, 0.2) is 0 Å². The first-order chi connectivity index (χ1) is 9.80. The van der Waals surface area contributed by atoms with E-state index in [1.165, 1.54) is 77.7 Å². The molecule has 1 aliphatic carbocycles. The number of nitrogens with one attached hydrogen (secondary N) is 1. The van der Waals surface area contributed by atoms with Gasteiger partial charge in [0.05, 0.1) is 0 Å². The first kappa shape index (κ1) is 16.3. The maximum atomic E-state index is 3.51. The summed E-state index contributed by atoms with van der Waals surface area (Å²) >= 11 is 0. The zero-order valence-corrected chi connectivity index (χ0v) is 14.1. The summed E-state index contributed by atoms with van der Waals surface area (Å²) in [6, 6.07) is 0. The minimum Gasteiger partial charge on any atom is -0.317 e. The molecule has 0 aromatic heterocycles. The van der Waals surface area contributed by atoms with Gasteiger partial charge in [-0.3, -0.25) is 0 Å². The first-order valence-electron chi connectivity index (χ1n) is 9.23. The molecule has 20 heavy (non-hydrogen) atoms. The maximum Gasteiger partial charge on any atom is 0.00101 e. The summed E-state index contributed by atoms with van der Waals surface area (Å²) in [6.07, 6.45) is 10.3. The zero-order valence-electron chi connectivity index (χ0n) is 14.1. The van der Waals surface area contributed by atoms with Gasteiger partial charge >= 0.3 is 0 Å². The molecule has 2 nitrogen and oxygen atoms in total. The highest BCUT2D eigenvalue weighted by molar-refractivity contribution is 4.97. The molecular weight excluding hydrogens is 244 g/mol. The van der Waals surface area contributed by atoms with E-state index in [0.29, 0.717) is 0 Å². The Bertz CT molecular complexity index is 255. The van der Waals surface area contributed by atoms with Crippen LogP contribution in [0.1, 0.15) is 65.7 Å². The van der Waals surface area contributed by atoms with E-state index in [4.69, 9.17) is 0 Å². The minimum absolute atomic E-state index is 0.775. The fraction of sp³-hybridized carbons (Fsp3) is 1.00. The number of piperidine rings is 2. The van der Waals surface area contributed by atoms with Gasteiger partial charge in [-0.15, -0.1) is 0 Å². The SMILES string of the molecule is CC.CCC1CCN(CC2CC3(CCNCC3)C2)CC1. The van der Waals surface area contributed by atoms with Gasteiger partial charge in [-0.2, -0.15) is 0 Å². The Morgan fingerprint density at radius 1 is 1.00 bits per heavy atom. The Labute approximate surface area is 126 Å².